The molecule has 124 valence electrons. The van der Waals surface area contributed by atoms with Crippen LogP contribution in [0, 0.1) is 13.8 Å². The van der Waals surface area contributed by atoms with Crippen LogP contribution in [0.2, 0.25) is 0 Å². The Hall–Kier alpha value is -3.28. The van der Waals surface area contributed by atoms with Crippen LogP contribution in [0.1, 0.15) is 27.4 Å². The standard InChI is InChI=1S/C19H15N3O3/c1-11-8-9-12(2)16-15(11)17(23)19(24)22(16)10-14-20-21-18(25-14)13-6-4-3-5-7-13/h3-9H,10H2,1-2H3. The van der Waals surface area contributed by atoms with Crippen LogP contribution in [0.25, 0.3) is 11.5 Å². The summed E-state index contributed by atoms with van der Waals surface area (Å²) in [5, 5.41) is 8.05. The quantitative estimate of drug-likeness (QED) is 0.689. The average molecular weight is 333 g/mol. The molecule has 0 saturated heterocycles. The van der Waals surface area contributed by atoms with E-state index in [1.165, 1.54) is 4.90 Å². The van der Waals surface area contributed by atoms with Crippen molar-refractivity contribution in [2.24, 2.45) is 0 Å². The van der Waals surface area contributed by atoms with E-state index in [-0.39, 0.29) is 12.4 Å². The number of carbonyl (C=O) groups excluding carboxylic acids is 2. The van der Waals surface area contributed by atoms with Gasteiger partial charge in [0, 0.05) is 5.56 Å². The molecule has 0 N–H and O–H groups in total. The molecule has 0 bridgehead atoms. The summed E-state index contributed by atoms with van der Waals surface area (Å²) in [5.41, 5.74) is 3.55. The number of amides is 1. The van der Waals surface area contributed by atoms with Crippen LogP contribution in [0.5, 0.6) is 0 Å². The van der Waals surface area contributed by atoms with Gasteiger partial charge in [0.25, 0.3) is 11.7 Å². The predicted octanol–water partition coefficient (Wildman–Crippen LogP) is 3.08. The van der Waals surface area contributed by atoms with Gasteiger partial charge in [0.1, 0.15) is 6.54 Å². The van der Waals surface area contributed by atoms with E-state index >= 15 is 0 Å². The minimum atomic E-state index is -0.563. The van der Waals surface area contributed by atoms with E-state index in [1.54, 1.807) is 0 Å². The Balaban J connectivity index is 1.69. The second-order valence-corrected chi connectivity index (χ2v) is 6.01. The number of fused-ring (bicyclic) bond motifs is 1. The van der Waals surface area contributed by atoms with E-state index in [4.69, 9.17) is 4.42 Å². The van der Waals surface area contributed by atoms with E-state index in [9.17, 15) is 9.59 Å². The normalized spacial score (nSPS) is 13.4. The van der Waals surface area contributed by atoms with Gasteiger partial charge in [-0.3, -0.25) is 14.5 Å². The first-order valence-corrected chi connectivity index (χ1v) is 7.90. The maximum atomic E-state index is 12.4. The lowest BCUT2D eigenvalue weighted by Crippen LogP contribution is -2.29. The van der Waals surface area contributed by atoms with Crippen molar-refractivity contribution in [2.75, 3.05) is 4.90 Å². The molecule has 3 aromatic rings. The molecule has 0 atom stereocenters. The summed E-state index contributed by atoms with van der Waals surface area (Å²) in [7, 11) is 0. The van der Waals surface area contributed by atoms with E-state index < -0.39 is 11.7 Å². The molecular formula is C19H15N3O3. The summed E-state index contributed by atoms with van der Waals surface area (Å²) in [4.78, 5) is 26.2. The van der Waals surface area contributed by atoms with Crippen LogP contribution < -0.4 is 4.90 Å². The van der Waals surface area contributed by atoms with Gasteiger partial charge in [0.05, 0.1) is 11.3 Å². The lowest BCUT2D eigenvalue weighted by atomic mass is 10.0. The number of Topliss-reactive ketones (excluding diaryl/α,β-unsaturated/α-hetero) is 1. The highest BCUT2D eigenvalue weighted by atomic mass is 16.4. The number of hydrogen-bond acceptors (Lipinski definition) is 5. The number of nitrogens with zero attached hydrogens (tertiary/aromatic N) is 3. The Labute approximate surface area is 144 Å². The van der Waals surface area contributed by atoms with Crippen LogP contribution in [0.3, 0.4) is 0 Å². The highest BCUT2D eigenvalue weighted by Crippen LogP contribution is 2.35. The van der Waals surface area contributed by atoms with Crippen molar-refractivity contribution in [3.63, 3.8) is 0 Å². The molecule has 0 fully saturated rings. The fourth-order valence-corrected chi connectivity index (χ4v) is 3.06. The molecule has 0 spiro atoms. The Bertz CT molecular complexity index is 992. The predicted molar refractivity (Wildman–Crippen MR) is 91.2 cm³/mol. The third kappa shape index (κ3) is 2.42. The van der Waals surface area contributed by atoms with Crippen molar-refractivity contribution >= 4 is 17.4 Å². The summed E-state index contributed by atoms with van der Waals surface area (Å²) in [6, 6.07) is 13.1. The van der Waals surface area contributed by atoms with Gasteiger partial charge in [-0.05, 0) is 37.1 Å². The number of rotatable bonds is 3. The highest BCUT2D eigenvalue weighted by Gasteiger charge is 2.38. The molecule has 0 unspecified atom stereocenters. The lowest BCUT2D eigenvalue weighted by molar-refractivity contribution is -0.114. The zero-order valence-electron chi connectivity index (χ0n) is 13.8. The Morgan fingerprint density at radius 2 is 1.68 bits per heavy atom. The van der Waals surface area contributed by atoms with Crippen LogP contribution in [-0.2, 0) is 11.3 Å². The summed E-state index contributed by atoms with van der Waals surface area (Å²) in [5.74, 6) is -0.380. The number of anilines is 1. The second-order valence-electron chi connectivity index (χ2n) is 6.01. The largest absolute Gasteiger partial charge is 0.419 e. The van der Waals surface area contributed by atoms with Gasteiger partial charge >= 0.3 is 0 Å². The lowest BCUT2D eigenvalue weighted by Gasteiger charge is -2.16. The van der Waals surface area contributed by atoms with Crippen LogP contribution in [-0.4, -0.2) is 21.9 Å². The SMILES string of the molecule is Cc1ccc(C)c2c1C(=O)C(=O)N2Cc1nnc(-c2ccccc2)o1. The topological polar surface area (TPSA) is 76.3 Å². The molecule has 2 aromatic carbocycles. The third-order valence-electron chi connectivity index (χ3n) is 4.31. The van der Waals surface area contributed by atoms with E-state index in [0.717, 1.165) is 16.7 Å². The molecule has 1 aliphatic rings. The number of ketones is 1. The molecule has 2 heterocycles. The van der Waals surface area contributed by atoms with Crippen LogP contribution >= 0.6 is 0 Å². The zero-order valence-corrected chi connectivity index (χ0v) is 13.8. The number of benzene rings is 2. The van der Waals surface area contributed by atoms with Gasteiger partial charge < -0.3 is 4.42 Å². The summed E-state index contributed by atoms with van der Waals surface area (Å²) in [6.07, 6.45) is 0. The molecule has 1 aliphatic heterocycles. The number of hydrogen-bond donors (Lipinski definition) is 0. The van der Waals surface area contributed by atoms with Gasteiger partial charge in [-0.15, -0.1) is 10.2 Å². The summed E-state index contributed by atoms with van der Waals surface area (Å²) < 4.78 is 5.67. The first-order valence-electron chi connectivity index (χ1n) is 7.90. The maximum Gasteiger partial charge on any atom is 0.299 e. The molecule has 6 nitrogen and oxygen atoms in total. The van der Waals surface area contributed by atoms with Crippen LogP contribution in [0.4, 0.5) is 5.69 Å². The second kappa shape index (κ2) is 5.66. The molecule has 4 rings (SSSR count). The Kier molecular flexibility index (Phi) is 3.46. The Morgan fingerprint density at radius 3 is 2.44 bits per heavy atom. The average Bonchev–Trinajstić information content (AvgIpc) is 3.19. The van der Waals surface area contributed by atoms with E-state index in [2.05, 4.69) is 10.2 Å². The van der Waals surface area contributed by atoms with Crippen molar-refractivity contribution in [3.8, 4) is 11.5 Å². The van der Waals surface area contributed by atoms with Gasteiger partial charge in [0.2, 0.25) is 11.8 Å². The molecule has 1 amide bonds. The molecule has 6 heteroatoms. The molecule has 0 radical (unpaired) electrons. The van der Waals surface area contributed by atoms with E-state index in [0.29, 0.717) is 17.1 Å². The first-order chi connectivity index (χ1) is 12.1. The maximum absolute atomic E-state index is 12.4. The van der Waals surface area contributed by atoms with Crippen LogP contribution in [0.15, 0.2) is 46.9 Å². The third-order valence-corrected chi connectivity index (χ3v) is 4.31. The van der Waals surface area contributed by atoms with Crippen molar-refractivity contribution < 1.29 is 14.0 Å². The van der Waals surface area contributed by atoms with Crippen molar-refractivity contribution in [2.45, 2.75) is 20.4 Å². The van der Waals surface area contributed by atoms with Gasteiger partial charge in [-0.1, -0.05) is 30.3 Å². The highest BCUT2D eigenvalue weighted by molar-refractivity contribution is 6.52. The number of aryl methyl sites for hydroxylation is 2. The monoisotopic (exact) mass is 333 g/mol. The number of aromatic nitrogens is 2. The number of carbonyl (C=O) groups is 2. The fraction of sp³-hybridized carbons (Fsp3) is 0.158. The fourth-order valence-electron chi connectivity index (χ4n) is 3.06. The minimum absolute atomic E-state index is 0.0711. The van der Waals surface area contributed by atoms with E-state index in [1.807, 2.05) is 56.3 Å². The van der Waals surface area contributed by atoms with Crippen molar-refractivity contribution in [1.29, 1.82) is 0 Å². The van der Waals surface area contributed by atoms with Gasteiger partial charge in [-0.25, -0.2) is 0 Å². The summed E-state index contributed by atoms with van der Waals surface area (Å²) in [6.45, 7) is 3.77. The molecule has 1 aromatic heterocycles. The van der Waals surface area contributed by atoms with Gasteiger partial charge in [-0.2, -0.15) is 0 Å². The van der Waals surface area contributed by atoms with Crippen molar-refractivity contribution in [3.05, 3.63) is 65.0 Å². The van der Waals surface area contributed by atoms with Crippen molar-refractivity contribution in [1.82, 2.24) is 10.2 Å². The smallest absolute Gasteiger partial charge is 0.299 e. The Morgan fingerprint density at radius 1 is 0.960 bits per heavy atom. The molecule has 0 saturated carbocycles. The molecule has 25 heavy (non-hydrogen) atoms. The molecular weight excluding hydrogens is 318 g/mol. The van der Waals surface area contributed by atoms with Gasteiger partial charge in [0.15, 0.2) is 0 Å². The minimum Gasteiger partial charge on any atom is -0.419 e. The molecule has 0 aliphatic carbocycles. The first kappa shape index (κ1) is 15.3. The summed E-state index contributed by atoms with van der Waals surface area (Å²) >= 11 is 0. The zero-order chi connectivity index (χ0) is 17.6.